The zero-order chi connectivity index (χ0) is 28.1. The number of H-pyrrole nitrogens is 1. The quantitative estimate of drug-likeness (QED) is 0.169. The molecule has 0 spiro atoms. The van der Waals surface area contributed by atoms with Crippen LogP contribution in [0.4, 0.5) is 0 Å². The van der Waals surface area contributed by atoms with Crippen LogP contribution in [-0.4, -0.2) is 99.9 Å². The number of nitrogens with one attached hydrogen (secondary N) is 3. The molecule has 0 aliphatic carbocycles. The Bertz CT molecular complexity index is 1170. The van der Waals surface area contributed by atoms with Gasteiger partial charge in [0.25, 0.3) is 0 Å². The number of primary amides is 1. The Balaban J connectivity index is 1.88. The van der Waals surface area contributed by atoms with Gasteiger partial charge in [0.1, 0.15) is 24.2 Å². The second-order valence-corrected chi connectivity index (χ2v) is 9.62. The molecule has 2 aromatic rings. The number of carbonyl (C=O) groups is 4. The number of nitrogens with zero attached hydrogens (tertiary/aromatic N) is 1. The van der Waals surface area contributed by atoms with Crippen molar-refractivity contribution < 1.29 is 34.1 Å². The van der Waals surface area contributed by atoms with E-state index >= 15 is 0 Å². The molecule has 0 bridgehead atoms. The summed E-state index contributed by atoms with van der Waals surface area (Å²) >= 11 is 0. The van der Waals surface area contributed by atoms with Crippen molar-refractivity contribution in [3.8, 4) is 0 Å². The van der Waals surface area contributed by atoms with Gasteiger partial charge >= 0.3 is 0 Å². The smallest absolute Gasteiger partial charge is 0.243 e. The summed E-state index contributed by atoms with van der Waals surface area (Å²) in [5.74, 6) is -2.94. The number of nitrogens with two attached hydrogens (primary N) is 2. The monoisotopic (exact) mass is 532 g/mol. The molecule has 1 aliphatic rings. The van der Waals surface area contributed by atoms with Crippen LogP contribution >= 0.6 is 0 Å². The Kier molecular flexibility index (Phi) is 9.44. The minimum Gasteiger partial charge on any atom is -0.391 e. The number of fused-ring (bicyclic) bond motifs is 1. The van der Waals surface area contributed by atoms with Gasteiger partial charge in [-0.15, -0.1) is 0 Å². The van der Waals surface area contributed by atoms with Crippen LogP contribution in [-0.2, 0) is 30.3 Å². The first-order chi connectivity index (χ1) is 17.9. The second-order valence-electron chi connectivity index (χ2n) is 9.62. The molecular weight excluding hydrogens is 496 g/mol. The number of aliphatic hydroxyl groups excluding tert-OH is 2. The van der Waals surface area contributed by atoms with Gasteiger partial charge in [-0.1, -0.05) is 18.2 Å². The van der Waals surface area contributed by atoms with Crippen LogP contribution in [0.15, 0.2) is 30.5 Å². The summed E-state index contributed by atoms with van der Waals surface area (Å²) in [5, 5.41) is 25.7. The minimum atomic E-state index is -1.38. The zero-order valence-electron chi connectivity index (χ0n) is 21.6. The molecule has 38 heavy (non-hydrogen) atoms. The predicted octanol–water partition coefficient (Wildman–Crippen LogP) is -2.13. The fraction of sp³-hybridized carbons (Fsp3) is 0.520. The number of carbonyl (C=O) groups excluding carboxylic acids is 4. The van der Waals surface area contributed by atoms with Crippen LogP contribution in [0, 0.1) is 0 Å². The van der Waals surface area contributed by atoms with Crippen molar-refractivity contribution in [3.05, 3.63) is 36.0 Å². The Hall–Kier alpha value is -3.52. The van der Waals surface area contributed by atoms with Crippen molar-refractivity contribution in [2.24, 2.45) is 11.5 Å². The minimum absolute atomic E-state index is 0.0361. The Labute approximate surface area is 219 Å². The lowest BCUT2D eigenvalue weighted by Gasteiger charge is -2.29. The number of hydrogen-bond donors (Lipinski definition) is 7. The van der Waals surface area contributed by atoms with E-state index in [0.717, 1.165) is 16.5 Å². The molecule has 1 unspecified atom stereocenters. The maximum absolute atomic E-state index is 13.5. The lowest BCUT2D eigenvalue weighted by Crippen LogP contribution is -2.59. The number of amides is 4. The van der Waals surface area contributed by atoms with Gasteiger partial charge in [0, 0.05) is 43.6 Å². The largest absolute Gasteiger partial charge is 0.391 e. The average Bonchev–Trinajstić information content (AvgIpc) is 3.50. The molecule has 1 aromatic carbocycles. The molecular formula is C25H36N6O7. The summed E-state index contributed by atoms with van der Waals surface area (Å²) in [7, 11) is 1.45. The van der Waals surface area contributed by atoms with Crippen LogP contribution in [0.1, 0.15) is 25.8 Å². The number of benzene rings is 1. The molecule has 2 heterocycles. The summed E-state index contributed by atoms with van der Waals surface area (Å²) in [4.78, 5) is 55.8. The van der Waals surface area contributed by atoms with Crippen LogP contribution in [0.25, 0.3) is 10.9 Å². The van der Waals surface area contributed by atoms with Gasteiger partial charge < -0.3 is 46.9 Å². The predicted molar refractivity (Wildman–Crippen MR) is 137 cm³/mol. The first-order valence-corrected chi connectivity index (χ1v) is 12.3. The number of aromatic nitrogens is 1. The fourth-order valence-electron chi connectivity index (χ4n) is 4.54. The van der Waals surface area contributed by atoms with Gasteiger partial charge in [0.2, 0.25) is 23.6 Å². The van der Waals surface area contributed by atoms with E-state index < -0.39 is 66.1 Å². The lowest BCUT2D eigenvalue weighted by molar-refractivity contribution is -0.142. The summed E-state index contributed by atoms with van der Waals surface area (Å²) < 4.78 is 5.36. The highest BCUT2D eigenvalue weighted by molar-refractivity contribution is 5.95. The Morgan fingerprint density at radius 1 is 1.16 bits per heavy atom. The van der Waals surface area contributed by atoms with Crippen LogP contribution in [0.3, 0.4) is 0 Å². The van der Waals surface area contributed by atoms with Crippen molar-refractivity contribution in [1.82, 2.24) is 20.5 Å². The third kappa shape index (κ3) is 6.48. The highest BCUT2D eigenvalue weighted by Gasteiger charge is 2.43. The zero-order valence-corrected chi connectivity index (χ0v) is 21.6. The summed E-state index contributed by atoms with van der Waals surface area (Å²) in [5.41, 5.74) is 12.7. The van der Waals surface area contributed by atoms with Crippen LogP contribution in [0.5, 0.6) is 0 Å². The van der Waals surface area contributed by atoms with E-state index in [-0.39, 0.29) is 19.4 Å². The first-order valence-electron chi connectivity index (χ1n) is 12.3. The molecule has 13 heteroatoms. The average molecular weight is 533 g/mol. The third-order valence-electron chi connectivity index (χ3n) is 6.81. The molecule has 1 saturated heterocycles. The normalized spacial score (nSPS) is 21.4. The van der Waals surface area contributed by atoms with Gasteiger partial charge in [-0.25, -0.2) is 0 Å². The van der Waals surface area contributed by atoms with E-state index in [4.69, 9.17) is 16.2 Å². The molecule has 1 aliphatic heterocycles. The van der Waals surface area contributed by atoms with Crippen molar-refractivity contribution in [1.29, 1.82) is 0 Å². The van der Waals surface area contributed by atoms with Crippen molar-refractivity contribution in [2.75, 3.05) is 13.7 Å². The molecule has 9 N–H and O–H groups in total. The van der Waals surface area contributed by atoms with Crippen LogP contribution < -0.4 is 22.1 Å². The molecule has 0 saturated carbocycles. The number of ether oxygens (including phenoxy) is 1. The highest BCUT2D eigenvalue weighted by Crippen LogP contribution is 2.23. The molecule has 208 valence electrons. The van der Waals surface area contributed by atoms with E-state index in [9.17, 15) is 29.4 Å². The first kappa shape index (κ1) is 29.0. The third-order valence-corrected chi connectivity index (χ3v) is 6.81. The second kappa shape index (κ2) is 12.3. The number of rotatable bonds is 11. The van der Waals surface area contributed by atoms with Gasteiger partial charge in [0.15, 0.2) is 0 Å². The maximum atomic E-state index is 13.5. The molecule has 1 aromatic heterocycles. The number of para-hydroxylation sites is 1. The van der Waals surface area contributed by atoms with Crippen molar-refractivity contribution in [3.63, 3.8) is 0 Å². The summed E-state index contributed by atoms with van der Waals surface area (Å²) in [6.07, 6.45) is -0.960. The van der Waals surface area contributed by atoms with Crippen LogP contribution in [0.2, 0.25) is 0 Å². The van der Waals surface area contributed by atoms with Gasteiger partial charge in [-0.05, 0) is 25.5 Å². The molecule has 1 fully saturated rings. The van der Waals surface area contributed by atoms with Gasteiger partial charge in [0.05, 0.1) is 18.3 Å². The molecule has 3 rings (SSSR count). The fourth-order valence-corrected chi connectivity index (χ4v) is 4.54. The number of aliphatic hydroxyl groups is 2. The van der Waals surface area contributed by atoms with Crippen molar-refractivity contribution >= 4 is 34.5 Å². The van der Waals surface area contributed by atoms with Gasteiger partial charge in [-0.3, -0.25) is 19.2 Å². The lowest BCUT2D eigenvalue weighted by atomic mass is 10.0. The van der Waals surface area contributed by atoms with E-state index in [1.165, 1.54) is 25.9 Å². The van der Waals surface area contributed by atoms with Gasteiger partial charge in [-0.2, -0.15) is 0 Å². The number of likely N-dealkylation sites (tertiary alicyclic amines) is 1. The summed E-state index contributed by atoms with van der Waals surface area (Å²) in [6, 6.07) is 2.59. The summed E-state index contributed by atoms with van der Waals surface area (Å²) in [6.45, 7) is 2.76. The molecule has 7 atom stereocenters. The highest BCUT2D eigenvalue weighted by atomic mass is 16.5. The van der Waals surface area contributed by atoms with E-state index in [0.29, 0.717) is 0 Å². The molecule has 13 nitrogen and oxygen atoms in total. The van der Waals surface area contributed by atoms with E-state index in [1.807, 2.05) is 24.3 Å². The van der Waals surface area contributed by atoms with E-state index in [2.05, 4.69) is 15.6 Å². The maximum Gasteiger partial charge on any atom is 0.243 e. The SMILES string of the molecule is CO[C@@H]1C[C@@H](C(=O)NC(Cc2c[nH]c3ccccc23)C(=O)N[C@H](C(N)=O)[C@@H](C)O)N(C(=O)[C@@H](N)[C@@H](C)O)C1. The van der Waals surface area contributed by atoms with E-state index in [1.54, 1.807) is 6.20 Å². The number of aromatic amines is 1. The standard InChI is InChI=1S/C25H36N6O7/c1-12(32)20(26)25(37)31-11-15(38-3)9-19(31)24(36)29-18(23(35)30-21(13(2)33)22(27)34)8-14-10-28-17-7-5-4-6-16(14)17/h4-7,10,12-13,15,18-21,28,32-33H,8-9,11,26H2,1-3H3,(H2,27,34)(H,29,36)(H,30,35)/t12-,13-,15-,18?,19+,20+,21+/m1/s1. The Morgan fingerprint density at radius 2 is 1.84 bits per heavy atom. The molecule has 0 radical (unpaired) electrons. The number of methoxy groups -OCH3 is 1. The number of hydrogen-bond acceptors (Lipinski definition) is 8. The van der Waals surface area contributed by atoms with Crippen molar-refractivity contribution in [2.45, 2.75) is 69.2 Å². The Morgan fingerprint density at radius 3 is 2.45 bits per heavy atom. The molecule has 4 amide bonds. The topological polar surface area (TPSA) is 213 Å².